The molecule has 2 atom stereocenters. The van der Waals surface area contributed by atoms with Crippen LogP contribution in [0.2, 0.25) is 0 Å². The third-order valence-electron chi connectivity index (χ3n) is 4.71. The first-order valence-corrected chi connectivity index (χ1v) is 9.32. The van der Waals surface area contributed by atoms with Crippen LogP contribution in [0.3, 0.4) is 0 Å². The fourth-order valence-electron chi connectivity index (χ4n) is 2.95. The van der Waals surface area contributed by atoms with Crippen molar-refractivity contribution in [2.75, 3.05) is 0 Å². The highest BCUT2D eigenvalue weighted by Crippen LogP contribution is 2.32. The number of aryl methyl sites for hydroxylation is 1. The van der Waals surface area contributed by atoms with E-state index >= 15 is 0 Å². The Balaban J connectivity index is 1.74. The Morgan fingerprint density at radius 1 is 0.966 bits per heavy atom. The quantitative estimate of drug-likeness (QED) is 0.589. The van der Waals surface area contributed by atoms with Crippen LogP contribution in [0.5, 0.6) is 11.5 Å². The summed E-state index contributed by atoms with van der Waals surface area (Å²) in [7, 11) is 0. The minimum absolute atomic E-state index is 0.386. The van der Waals surface area contributed by atoms with Gasteiger partial charge >= 0.3 is 5.97 Å². The van der Waals surface area contributed by atoms with Crippen molar-refractivity contribution >= 4 is 5.97 Å². The van der Waals surface area contributed by atoms with Gasteiger partial charge < -0.3 is 19.7 Å². The second-order valence-electron chi connectivity index (χ2n) is 7.08. The fraction of sp³-hybridized carbons (Fsp3) is 0.208. The summed E-state index contributed by atoms with van der Waals surface area (Å²) in [6, 6.07) is 23.5. The lowest BCUT2D eigenvalue weighted by Crippen LogP contribution is -2.47. The monoisotopic (exact) mass is 392 g/mol. The maximum atomic E-state index is 11.9. The van der Waals surface area contributed by atoms with E-state index in [1.54, 1.807) is 42.5 Å². The maximum Gasteiger partial charge on any atom is 0.350 e. The Bertz CT molecular complexity index is 953. The first kappa shape index (κ1) is 20.4. The molecule has 3 aromatic carbocycles. The number of aliphatic carboxylic acids is 1. The van der Waals surface area contributed by atoms with Gasteiger partial charge in [-0.1, -0.05) is 54.6 Å². The van der Waals surface area contributed by atoms with E-state index in [0.29, 0.717) is 23.7 Å². The number of aliphatic hydroxyl groups is 1. The molecule has 0 saturated carbocycles. The van der Waals surface area contributed by atoms with E-state index in [2.05, 4.69) is 0 Å². The average Bonchev–Trinajstić information content (AvgIpc) is 2.72. The average molecular weight is 392 g/mol. The third-order valence-corrected chi connectivity index (χ3v) is 4.71. The normalized spacial score (nSPS) is 13.9. The van der Waals surface area contributed by atoms with Gasteiger partial charge in [0.1, 0.15) is 24.2 Å². The Hall–Kier alpha value is -3.31. The third kappa shape index (κ3) is 4.95. The van der Waals surface area contributed by atoms with Gasteiger partial charge in [0.2, 0.25) is 5.60 Å². The molecule has 150 valence electrons. The Kier molecular flexibility index (Phi) is 6.20. The number of hydrogen-bond acceptors (Lipinski definition) is 4. The van der Waals surface area contributed by atoms with Crippen LogP contribution < -0.4 is 9.47 Å². The molecule has 3 rings (SSSR count). The molecule has 2 unspecified atom stereocenters. The topological polar surface area (TPSA) is 76.0 Å². The molecule has 0 aliphatic rings. The van der Waals surface area contributed by atoms with Crippen molar-refractivity contribution < 1.29 is 24.5 Å². The predicted molar refractivity (Wildman–Crippen MR) is 110 cm³/mol. The van der Waals surface area contributed by atoms with Crippen molar-refractivity contribution in [3.05, 3.63) is 95.6 Å². The van der Waals surface area contributed by atoms with Gasteiger partial charge in [-0.05, 0) is 54.8 Å². The number of rotatable bonds is 8. The van der Waals surface area contributed by atoms with Gasteiger partial charge in [0.25, 0.3) is 0 Å². The lowest BCUT2D eigenvalue weighted by molar-refractivity contribution is -0.164. The van der Waals surface area contributed by atoms with E-state index in [-0.39, 0.29) is 0 Å². The van der Waals surface area contributed by atoms with Crippen LogP contribution in [0.1, 0.15) is 29.7 Å². The lowest BCUT2D eigenvalue weighted by atomic mass is 9.92. The summed E-state index contributed by atoms with van der Waals surface area (Å²) >= 11 is 0. The van der Waals surface area contributed by atoms with Crippen molar-refractivity contribution in [1.82, 2.24) is 0 Å². The highest BCUT2D eigenvalue weighted by atomic mass is 16.5. The van der Waals surface area contributed by atoms with E-state index in [0.717, 1.165) is 11.1 Å². The summed E-state index contributed by atoms with van der Waals surface area (Å²) in [5.74, 6) is -0.242. The van der Waals surface area contributed by atoms with Crippen molar-refractivity contribution in [2.45, 2.75) is 32.2 Å². The molecule has 0 aromatic heterocycles. The van der Waals surface area contributed by atoms with E-state index in [1.165, 1.54) is 6.92 Å². The zero-order valence-corrected chi connectivity index (χ0v) is 16.4. The summed E-state index contributed by atoms with van der Waals surface area (Å²) < 4.78 is 11.5. The largest absolute Gasteiger partial charge is 0.489 e. The first-order valence-electron chi connectivity index (χ1n) is 9.32. The van der Waals surface area contributed by atoms with Crippen LogP contribution in [0.25, 0.3) is 0 Å². The Labute approximate surface area is 170 Å². The minimum Gasteiger partial charge on any atom is -0.489 e. The van der Waals surface area contributed by atoms with Crippen LogP contribution in [-0.2, 0) is 11.4 Å². The van der Waals surface area contributed by atoms with Crippen LogP contribution in [0.15, 0.2) is 78.9 Å². The lowest BCUT2D eigenvalue weighted by Gasteiger charge is -2.31. The summed E-state index contributed by atoms with van der Waals surface area (Å²) in [6.07, 6.45) is -1.37. The van der Waals surface area contributed by atoms with Crippen molar-refractivity contribution in [2.24, 2.45) is 0 Å². The first-order chi connectivity index (χ1) is 13.9. The van der Waals surface area contributed by atoms with Crippen LogP contribution in [0, 0.1) is 6.92 Å². The Morgan fingerprint density at radius 3 is 2.28 bits per heavy atom. The second kappa shape index (κ2) is 8.80. The van der Waals surface area contributed by atoms with Gasteiger partial charge in [-0.25, -0.2) is 4.79 Å². The minimum atomic E-state index is -1.85. The molecule has 0 fully saturated rings. The summed E-state index contributed by atoms with van der Waals surface area (Å²) in [6.45, 7) is 3.67. The number of hydrogen-bond donors (Lipinski definition) is 2. The molecular formula is C24H24O5. The van der Waals surface area contributed by atoms with Gasteiger partial charge in [-0.3, -0.25) is 0 Å². The highest BCUT2D eigenvalue weighted by molar-refractivity contribution is 5.78. The van der Waals surface area contributed by atoms with Crippen molar-refractivity contribution in [3.63, 3.8) is 0 Å². The molecule has 5 nitrogen and oxygen atoms in total. The van der Waals surface area contributed by atoms with Crippen LogP contribution in [-0.4, -0.2) is 21.8 Å². The molecule has 0 spiro atoms. The van der Waals surface area contributed by atoms with Gasteiger partial charge in [0.15, 0.2) is 0 Å². The van der Waals surface area contributed by atoms with Crippen LogP contribution >= 0.6 is 0 Å². The highest BCUT2D eigenvalue weighted by Gasteiger charge is 2.44. The molecule has 0 radical (unpaired) electrons. The summed E-state index contributed by atoms with van der Waals surface area (Å²) in [5, 5.41) is 20.5. The second-order valence-corrected chi connectivity index (χ2v) is 7.08. The van der Waals surface area contributed by atoms with Gasteiger partial charge in [-0.2, -0.15) is 0 Å². The Morgan fingerprint density at radius 2 is 1.66 bits per heavy atom. The molecule has 0 amide bonds. The zero-order valence-electron chi connectivity index (χ0n) is 16.4. The molecular weight excluding hydrogens is 368 g/mol. The number of ether oxygens (including phenoxy) is 2. The molecule has 0 heterocycles. The molecule has 0 aliphatic heterocycles. The predicted octanol–water partition coefficient (Wildman–Crippen LogP) is 4.53. The molecule has 3 aromatic rings. The zero-order chi connectivity index (χ0) is 20.9. The number of benzene rings is 3. The van der Waals surface area contributed by atoms with E-state index in [9.17, 15) is 15.0 Å². The molecule has 5 heteroatoms. The van der Waals surface area contributed by atoms with E-state index < -0.39 is 17.7 Å². The number of carbonyl (C=O) groups is 1. The SMILES string of the molecule is Cc1cccc(OC(C)(C(=O)O)C(O)c2ccc(OCc3ccccc3)cc2)c1. The number of aliphatic hydroxyl groups excluding tert-OH is 1. The van der Waals surface area contributed by atoms with Gasteiger partial charge in [0.05, 0.1) is 0 Å². The van der Waals surface area contributed by atoms with Crippen molar-refractivity contribution in [3.8, 4) is 11.5 Å². The standard InChI is InChI=1S/C24H24O5/c1-17-7-6-10-21(15-17)29-24(2,23(26)27)22(25)19-11-13-20(14-12-19)28-16-18-8-4-3-5-9-18/h3-15,22,25H,16H2,1-2H3,(H,26,27). The van der Waals surface area contributed by atoms with Crippen LogP contribution in [0.4, 0.5) is 0 Å². The smallest absolute Gasteiger partial charge is 0.350 e. The molecule has 0 saturated heterocycles. The molecule has 29 heavy (non-hydrogen) atoms. The summed E-state index contributed by atoms with van der Waals surface area (Å²) in [4.78, 5) is 11.9. The summed E-state index contributed by atoms with van der Waals surface area (Å²) in [5.41, 5.74) is 0.557. The molecule has 0 bridgehead atoms. The number of carboxylic acids is 1. The fourth-order valence-corrected chi connectivity index (χ4v) is 2.95. The van der Waals surface area contributed by atoms with E-state index in [1.807, 2.05) is 43.3 Å². The van der Waals surface area contributed by atoms with E-state index in [4.69, 9.17) is 9.47 Å². The van der Waals surface area contributed by atoms with Gasteiger partial charge in [0, 0.05) is 0 Å². The van der Waals surface area contributed by atoms with Crippen molar-refractivity contribution in [1.29, 1.82) is 0 Å². The van der Waals surface area contributed by atoms with Gasteiger partial charge in [-0.15, -0.1) is 0 Å². The molecule has 2 N–H and O–H groups in total. The maximum absolute atomic E-state index is 11.9. The molecule has 0 aliphatic carbocycles. The number of carboxylic acid groups (broad SMARTS) is 1.